The standard InChI is InChI=1S/C16H16O5/c1-19-15-9-13(20-11-16(17)18)7-8-14(15)21-10-12-5-3-2-4-6-12/h2-9H,10-11H2,1H3,(H,17,18). The molecule has 2 rings (SSSR count). The quantitative estimate of drug-likeness (QED) is 0.848. The molecule has 0 radical (unpaired) electrons. The van der Waals surface area contributed by atoms with E-state index in [-0.39, 0.29) is 0 Å². The van der Waals surface area contributed by atoms with Crippen molar-refractivity contribution in [1.29, 1.82) is 0 Å². The van der Waals surface area contributed by atoms with Gasteiger partial charge < -0.3 is 19.3 Å². The van der Waals surface area contributed by atoms with Gasteiger partial charge in [0.05, 0.1) is 7.11 Å². The van der Waals surface area contributed by atoms with E-state index in [4.69, 9.17) is 19.3 Å². The van der Waals surface area contributed by atoms with Crippen LogP contribution in [0.25, 0.3) is 0 Å². The molecule has 0 fully saturated rings. The zero-order valence-corrected chi connectivity index (χ0v) is 11.6. The third-order valence-electron chi connectivity index (χ3n) is 2.73. The van der Waals surface area contributed by atoms with Gasteiger partial charge in [-0.1, -0.05) is 30.3 Å². The van der Waals surface area contributed by atoms with E-state index in [9.17, 15) is 4.79 Å². The van der Waals surface area contributed by atoms with Crippen molar-refractivity contribution in [2.24, 2.45) is 0 Å². The Morgan fingerprint density at radius 1 is 1.05 bits per heavy atom. The Bertz CT molecular complexity index is 595. The fourth-order valence-corrected chi connectivity index (χ4v) is 1.74. The minimum absolute atomic E-state index is 0.395. The first-order chi connectivity index (χ1) is 10.2. The van der Waals surface area contributed by atoms with Crippen LogP contribution in [0.2, 0.25) is 0 Å². The molecular formula is C16H16O5. The lowest BCUT2D eigenvalue weighted by atomic mass is 10.2. The molecule has 0 saturated heterocycles. The van der Waals surface area contributed by atoms with Crippen LogP contribution in [-0.4, -0.2) is 24.8 Å². The number of methoxy groups -OCH3 is 1. The molecule has 0 aliphatic heterocycles. The van der Waals surface area contributed by atoms with Crippen molar-refractivity contribution in [2.45, 2.75) is 6.61 Å². The molecule has 110 valence electrons. The average molecular weight is 288 g/mol. The van der Waals surface area contributed by atoms with Crippen LogP contribution in [0.3, 0.4) is 0 Å². The maximum atomic E-state index is 10.5. The summed E-state index contributed by atoms with van der Waals surface area (Å²) in [5, 5.41) is 8.59. The highest BCUT2D eigenvalue weighted by atomic mass is 16.5. The van der Waals surface area contributed by atoms with Crippen LogP contribution in [0.15, 0.2) is 48.5 Å². The molecule has 0 heterocycles. The number of hydrogen-bond donors (Lipinski definition) is 1. The van der Waals surface area contributed by atoms with Gasteiger partial charge in [0, 0.05) is 6.07 Å². The van der Waals surface area contributed by atoms with Gasteiger partial charge in [-0.25, -0.2) is 4.79 Å². The van der Waals surface area contributed by atoms with Gasteiger partial charge >= 0.3 is 5.97 Å². The molecule has 0 saturated carbocycles. The number of benzene rings is 2. The van der Waals surface area contributed by atoms with Gasteiger partial charge in [-0.2, -0.15) is 0 Å². The molecule has 0 amide bonds. The van der Waals surface area contributed by atoms with E-state index in [2.05, 4.69) is 0 Å². The molecule has 1 N–H and O–H groups in total. The van der Waals surface area contributed by atoms with Crippen molar-refractivity contribution in [1.82, 2.24) is 0 Å². The van der Waals surface area contributed by atoms with Crippen LogP contribution >= 0.6 is 0 Å². The van der Waals surface area contributed by atoms with E-state index in [0.717, 1.165) is 5.56 Å². The molecule has 21 heavy (non-hydrogen) atoms. The number of ether oxygens (including phenoxy) is 3. The van der Waals surface area contributed by atoms with Crippen molar-refractivity contribution >= 4 is 5.97 Å². The second kappa shape index (κ2) is 7.19. The summed E-state index contributed by atoms with van der Waals surface area (Å²) in [6, 6.07) is 14.7. The molecule has 2 aromatic rings. The normalized spacial score (nSPS) is 9.95. The monoisotopic (exact) mass is 288 g/mol. The molecule has 0 spiro atoms. The summed E-state index contributed by atoms with van der Waals surface area (Å²) < 4.78 is 16.0. The summed E-state index contributed by atoms with van der Waals surface area (Å²) in [5.41, 5.74) is 1.05. The molecule has 0 atom stereocenters. The van der Waals surface area contributed by atoms with Crippen LogP contribution < -0.4 is 14.2 Å². The van der Waals surface area contributed by atoms with Gasteiger partial charge in [-0.3, -0.25) is 0 Å². The van der Waals surface area contributed by atoms with E-state index in [0.29, 0.717) is 23.9 Å². The summed E-state index contributed by atoms with van der Waals surface area (Å²) in [7, 11) is 1.52. The first-order valence-corrected chi connectivity index (χ1v) is 6.38. The van der Waals surface area contributed by atoms with Crippen LogP contribution in [0, 0.1) is 0 Å². The van der Waals surface area contributed by atoms with Crippen LogP contribution in [0.4, 0.5) is 0 Å². The zero-order chi connectivity index (χ0) is 15.1. The molecule has 0 unspecified atom stereocenters. The molecule has 0 aliphatic rings. The van der Waals surface area contributed by atoms with Gasteiger partial charge in [-0.15, -0.1) is 0 Å². The smallest absolute Gasteiger partial charge is 0.341 e. The Balaban J connectivity index is 2.04. The SMILES string of the molecule is COc1cc(OCC(=O)O)ccc1OCc1ccccc1. The number of carboxylic acids is 1. The van der Waals surface area contributed by atoms with Crippen molar-refractivity contribution in [3.8, 4) is 17.2 Å². The fraction of sp³-hybridized carbons (Fsp3) is 0.188. The highest BCUT2D eigenvalue weighted by Crippen LogP contribution is 2.31. The number of carboxylic acid groups (broad SMARTS) is 1. The lowest BCUT2D eigenvalue weighted by molar-refractivity contribution is -0.139. The van der Waals surface area contributed by atoms with E-state index in [1.807, 2.05) is 30.3 Å². The molecule has 0 bridgehead atoms. The van der Waals surface area contributed by atoms with Gasteiger partial charge in [0.1, 0.15) is 12.4 Å². The lowest BCUT2D eigenvalue weighted by Crippen LogP contribution is -2.09. The summed E-state index contributed by atoms with van der Waals surface area (Å²) in [6.45, 7) is 0.0277. The van der Waals surface area contributed by atoms with Crippen LogP contribution in [0.1, 0.15) is 5.56 Å². The fourth-order valence-electron chi connectivity index (χ4n) is 1.74. The summed E-state index contributed by atoms with van der Waals surface area (Å²) in [4.78, 5) is 10.5. The Labute approximate surface area is 122 Å². The van der Waals surface area contributed by atoms with E-state index < -0.39 is 12.6 Å². The molecule has 0 aromatic heterocycles. The number of aliphatic carboxylic acids is 1. The highest BCUT2D eigenvalue weighted by Gasteiger charge is 2.08. The van der Waals surface area contributed by atoms with E-state index in [1.54, 1.807) is 18.2 Å². The van der Waals surface area contributed by atoms with Crippen molar-refractivity contribution in [2.75, 3.05) is 13.7 Å². The lowest BCUT2D eigenvalue weighted by Gasteiger charge is -2.12. The molecule has 5 nitrogen and oxygen atoms in total. The minimum Gasteiger partial charge on any atom is -0.493 e. The summed E-state index contributed by atoms with van der Waals surface area (Å²) >= 11 is 0. The Kier molecular flexibility index (Phi) is 5.04. The van der Waals surface area contributed by atoms with Gasteiger partial charge in [0.15, 0.2) is 18.1 Å². The second-order valence-electron chi connectivity index (χ2n) is 4.27. The van der Waals surface area contributed by atoms with Gasteiger partial charge in [0.25, 0.3) is 0 Å². The molecule has 2 aromatic carbocycles. The van der Waals surface area contributed by atoms with Gasteiger partial charge in [0.2, 0.25) is 0 Å². The Morgan fingerprint density at radius 3 is 2.48 bits per heavy atom. The predicted molar refractivity (Wildman–Crippen MR) is 76.9 cm³/mol. The Hall–Kier alpha value is -2.69. The van der Waals surface area contributed by atoms with Crippen molar-refractivity contribution in [3.05, 3.63) is 54.1 Å². The molecule has 5 heteroatoms. The third kappa shape index (κ3) is 4.42. The second-order valence-corrected chi connectivity index (χ2v) is 4.27. The van der Waals surface area contributed by atoms with E-state index >= 15 is 0 Å². The number of hydrogen-bond acceptors (Lipinski definition) is 4. The Morgan fingerprint density at radius 2 is 1.81 bits per heavy atom. The minimum atomic E-state index is -1.03. The van der Waals surface area contributed by atoms with E-state index in [1.165, 1.54) is 7.11 Å². The topological polar surface area (TPSA) is 65.0 Å². The summed E-state index contributed by atoms with van der Waals surface area (Å²) in [5.74, 6) is 0.456. The first-order valence-electron chi connectivity index (χ1n) is 6.38. The van der Waals surface area contributed by atoms with Crippen molar-refractivity contribution in [3.63, 3.8) is 0 Å². The third-order valence-corrected chi connectivity index (χ3v) is 2.73. The number of carbonyl (C=O) groups is 1. The van der Waals surface area contributed by atoms with Crippen LogP contribution in [-0.2, 0) is 11.4 Å². The maximum Gasteiger partial charge on any atom is 0.341 e. The maximum absolute atomic E-state index is 10.5. The van der Waals surface area contributed by atoms with Crippen molar-refractivity contribution < 1.29 is 24.1 Å². The first kappa shape index (κ1) is 14.7. The molecule has 0 aliphatic carbocycles. The molecular weight excluding hydrogens is 272 g/mol. The predicted octanol–water partition coefficient (Wildman–Crippen LogP) is 2.74. The number of rotatable bonds is 7. The van der Waals surface area contributed by atoms with Crippen LogP contribution in [0.5, 0.6) is 17.2 Å². The zero-order valence-electron chi connectivity index (χ0n) is 11.6. The average Bonchev–Trinajstić information content (AvgIpc) is 2.52. The van der Waals surface area contributed by atoms with Gasteiger partial charge in [-0.05, 0) is 17.7 Å². The highest BCUT2D eigenvalue weighted by molar-refractivity contribution is 5.68. The summed E-state index contributed by atoms with van der Waals surface area (Å²) in [6.07, 6.45) is 0. The largest absolute Gasteiger partial charge is 0.493 e.